The molecule has 0 atom stereocenters. The first kappa shape index (κ1) is 17.7. The molecule has 2 aromatic carbocycles. The fourth-order valence-electron chi connectivity index (χ4n) is 2.02. The second-order valence-electron chi connectivity index (χ2n) is 4.81. The number of thioether (sulfide) groups is 1. The number of anilines is 1. The molecule has 0 bridgehead atoms. The van der Waals surface area contributed by atoms with Gasteiger partial charge < -0.3 is 14.8 Å². The molecule has 0 aliphatic carbocycles. The molecule has 0 radical (unpaired) electrons. The molecule has 1 N–H and O–H groups in total. The average molecular weight is 396 g/mol. The van der Waals surface area contributed by atoms with Crippen molar-refractivity contribution in [2.45, 2.75) is 11.8 Å². The molecule has 0 aromatic heterocycles. The summed E-state index contributed by atoms with van der Waals surface area (Å²) in [7, 11) is 3.15. The van der Waals surface area contributed by atoms with E-state index in [9.17, 15) is 4.79 Å². The van der Waals surface area contributed by atoms with Gasteiger partial charge in [0, 0.05) is 15.4 Å². The van der Waals surface area contributed by atoms with Crippen LogP contribution >= 0.6 is 27.7 Å². The molecule has 2 rings (SSSR count). The third-order valence-corrected chi connectivity index (χ3v) is 4.85. The lowest BCUT2D eigenvalue weighted by molar-refractivity contribution is -0.113. The lowest BCUT2D eigenvalue weighted by Crippen LogP contribution is -2.14. The van der Waals surface area contributed by atoms with Gasteiger partial charge in [0.2, 0.25) is 5.91 Å². The molecule has 1 amide bonds. The van der Waals surface area contributed by atoms with Gasteiger partial charge in [-0.3, -0.25) is 4.79 Å². The highest BCUT2D eigenvalue weighted by Crippen LogP contribution is 2.30. The van der Waals surface area contributed by atoms with Gasteiger partial charge in [-0.1, -0.05) is 15.9 Å². The van der Waals surface area contributed by atoms with E-state index < -0.39 is 0 Å². The van der Waals surface area contributed by atoms with Gasteiger partial charge >= 0.3 is 0 Å². The van der Waals surface area contributed by atoms with Crippen molar-refractivity contribution in [3.8, 4) is 11.5 Å². The summed E-state index contributed by atoms with van der Waals surface area (Å²) in [4.78, 5) is 13.3. The number of rotatable bonds is 6. The summed E-state index contributed by atoms with van der Waals surface area (Å²) in [5.74, 6) is 1.49. The van der Waals surface area contributed by atoms with Crippen molar-refractivity contribution in [1.29, 1.82) is 0 Å². The minimum absolute atomic E-state index is 0.0936. The molecule has 23 heavy (non-hydrogen) atoms. The summed E-state index contributed by atoms with van der Waals surface area (Å²) in [6.07, 6.45) is 0. The van der Waals surface area contributed by atoms with Crippen LogP contribution in [0.1, 0.15) is 5.56 Å². The van der Waals surface area contributed by atoms with Crippen LogP contribution in [0.25, 0.3) is 0 Å². The Hall–Kier alpha value is -1.66. The predicted octanol–water partition coefficient (Wildman–Crippen LogP) is 4.51. The fourth-order valence-corrected chi connectivity index (χ4v) is 3.30. The number of carbonyl (C=O) groups excluding carboxylic acids is 1. The zero-order chi connectivity index (χ0) is 16.8. The third-order valence-electron chi connectivity index (χ3n) is 3.18. The highest BCUT2D eigenvalue weighted by Gasteiger charge is 2.10. The van der Waals surface area contributed by atoms with Crippen LogP contribution in [0.5, 0.6) is 11.5 Å². The standard InChI is InChI=1S/C17H18BrNO3S/c1-11-8-12(18)4-7-16(11)23-10-17(20)19-14-9-13(21-2)5-6-15(14)22-3/h4-9H,10H2,1-3H3,(H,19,20). The van der Waals surface area contributed by atoms with Crippen LogP contribution in [0, 0.1) is 6.92 Å². The summed E-state index contributed by atoms with van der Waals surface area (Å²) >= 11 is 4.94. The quantitative estimate of drug-likeness (QED) is 0.731. The Morgan fingerprint density at radius 2 is 1.96 bits per heavy atom. The van der Waals surface area contributed by atoms with E-state index >= 15 is 0 Å². The van der Waals surface area contributed by atoms with Gasteiger partial charge in [-0.05, 0) is 42.8 Å². The number of benzene rings is 2. The zero-order valence-electron chi connectivity index (χ0n) is 13.2. The highest BCUT2D eigenvalue weighted by molar-refractivity contribution is 9.10. The molecule has 0 spiro atoms. The van der Waals surface area contributed by atoms with E-state index in [0.717, 1.165) is 14.9 Å². The van der Waals surface area contributed by atoms with E-state index in [1.54, 1.807) is 32.4 Å². The Kier molecular flexibility index (Phi) is 6.36. The molecular formula is C17H18BrNO3S. The van der Waals surface area contributed by atoms with Crippen molar-refractivity contribution in [2.75, 3.05) is 25.3 Å². The Labute approximate surface area is 148 Å². The Balaban J connectivity index is 2.02. The molecule has 122 valence electrons. The molecule has 0 aliphatic rings. The molecule has 0 saturated heterocycles. The van der Waals surface area contributed by atoms with E-state index in [1.165, 1.54) is 11.8 Å². The molecule has 2 aromatic rings. The lowest BCUT2D eigenvalue weighted by Gasteiger charge is -2.12. The second-order valence-corrected chi connectivity index (χ2v) is 6.75. The molecule has 6 heteroatoms. The van der Waals surface area contributed by atoms with E-state index in [2.05, 4.69) is 21.2 Å². The zero-order valence-corrected chi connectivity index (χ0v) is 15.6. The van der Waals surface area contributed by atoms with E-state index in [-0.39, 0.29) is 5.91 Å². The summed E-state index contributed by atoms with van der Waals surface area (Å²) in [5.41, 5.74) is 1.74. The van der Waals surface area contributed by atoms with Crippen LogP contribution in [0.4, 0.5) is 5.69 Å². The first-order valence-electron chi connectivity index (χ1n) is 6.94. The summed E-state index contributed by atoms with van der Waals surface area (Å²) < 4.78 is 11.5. The van der Waals surface area contributed by atoms with Crippen molar-refractivity contribution in [1.82, 2.24) is 0 Å². The number of nitrogens with one attached hydrogen (secondary N) is 1. The van der Waals surface area contributed by atoms with Crippen molar-refractivity contribution in [3.63, 3.8) is 0 Å². The van der Waals surface area contributed by atoms with E-state index in [0.29, 0.717) is 22.9 Å². The molecule has 0 aliphatic heterocycles. The Morgan fingerprint density at radius 1 is 1.17 bits per heavy atom. The largest absolute Gasteiger partial charge is 0.497 e. The summed E-state index contributed by atoms with van der Waals surface area (Å²) in [5, 5.41) is 2.86. The van der Waals surface area contributed by atoms with Crippen molar-refractivity contribution in [2.24, 2.45) is 0 Å². The normalized spacial score (nSPS) is 10.3. The molecule has 4 nitrogen and oxygen atoms in total. The number of amides is 1. The van der Waals surface area contributed by atoms with Crippen molar-refractivity contribution in [3.05, 3.63) is 46.4 Å². The van der Waals surface area contributed by atoms with E-state index in [4.69, 9.17) is 9.47 Å². The van der Waals surface area contributed by atoms with Gasteiger partial charge in [0.25, 0.3) is 0 Å². The first-order chi connectivity index (χ1) is 11.0. The van der Waals surface area contributed by atoms with Crippen LogP contribution in [0.3, 0.4) is 0 Å². The van der Waals surface area contributed by atoms with Crippen LogP contribution in [0.15, 0.2) is 45.8 Å². The average Bonchev–Trinajstić information content (AvgIpc) is 2.54. The minimum atomic E-state index is -0.0936. The second kappa shape index (κ2) is 8.26. The fraction of sp³-hybridized carbons (Fsp3) is 0.235. The maximum Gasteiger partial charge on any atom is 0.234 e. The Morgan fingerprint density at radius 3 is 2.61 bits per heavy atom. The minimum Gasteiger partial charge on any atom is -0.497 e. The van der Waals surface area contributed by atoms with Gasteiger partial charge in [0.1, 0.15) is 11.5 Å². The van der Waals surface area contributed by atoms with Gasteiger partial charge in [-0.2, -0.15) is 0 Å². The molecule has 0 heterocycles. The number of hydrogen-bond donors (Lipinski definition) is 1. The number of carbonyl (C=O) groups is 1. The van der Waals surface area contributed by atoms with Crippen LogP contribution in [0.2, 0.25) is 0 Å². The van der Waals surface area contributed by atoms with Gasteiger partial charge in [-0.25, -0.2) is 0 Å². The smallest absolute Gasteiger partial charge is 0.234 e. The van der Waals surface area contributed by atoms with Crippen molar-refractivity contribution >= 4 is 39.3 Å². The number of methoxy groups -OCH3 is 2. The summed E-state index contributed by atoms with van der Waals surface area (Å²) in [6, 6.07) is 11.3. The molecular weight excluding hydrogens is 378 g/mol. The molecule has 0 unspecified atom stereocenters. The monoisotopic (exact) mass is 395 g/mol. The number of ether oxygens (including phenoxy) is 2. The number of hydrogen-bond acceptors (Lipinski definition) is 4. The predicted molar refractivity (Wildman–Crippen MR) is 97.8 cm³/mol. The highest BCUT2D eigenvalue weighted by atomic mass is 79.9. The van der Waals surface area contributed by atoms with Crippen LogP contribution in [-0.2, 0) is 4.79 Å². The van der Waals surface area contributed by atoms with Gasteiger partial charge in [0.05, 0.1) is 25.7 Å². The van der Waals surface area contributed by atoms with Gasteiger partial charge in [-0.15, -0.1) is 11.8 Å². The number of aryl methyl sites for hydroxylation is 1. The van der Waals surface area contributed by atoms with Gasteiger partial charge in [0.15, 0.2) is 0 Å². The maximum absolute atomic E-state index is 12.2. The van der Waals surface area contributed by atoms with E-state index in [1.807, 2.05) is 25.1 Å². The van der Waals surface area contributed by atoms with Crippen LogP contribution < -0.4 is 14.8 Å². The third kappa shape index (κ3) is 4.91. The molecule has 0 saturated carbocycles. The SMILES string of the molecule is COc1ccc(OC)c(NC(=O)CSc2ccc(Br)cc2C)c1. The lowest BCUT2D eigenvalue weighted by atomic mass is 10.2. The maximum atomic E-state index is 12.2. The van der Waals surface area contributed by atoms with Crippen molar-refractivity contribution < 1.29 is 14.3 Å². The first-order valence-corrected chi connectivity index (χ1v) is 8.72. The number of halogens is 1. The Bertz CT molecular complexity index is 706. The molecule has 0 fully saturated rings. The topological polar surface area (TPSA) is 47.6 Å². The van der Waals surface area contributed by atoms with Crippen LogP contribution in [-0.4, -0.2) is 25.9 Å². The summed E-state index contributed by atoms with van der Waals surface area (Å²) in [6.45, 7) is 2.02.